The standard InChI is InChI=1S/C23H28Cl3N3O4S/c1-4-12-27-23(31)21(5-2)28(14-16-6-11-19(25)20(26)13-16)22(30)15-29(34(3,32)33)18-9-7-17(24)8-10-18/h6-11,13,21H,4-5,12,14-15H2,1-3H3,(H,27,31)/t21-/m1/s1. The second-order valence-electron chi connectivity index (χ2n) is 7.73. The van der Waals surface area contributed by atoms with Gasteiger partial charge in [-0.2, -0.15) is 0 Å². The van der Waals surface area contributed by atoms with Gasteiger partial charge in [0.25, 0.3) is 0 Å². The van der Waals surface area contributed by atoms with Gasteiger partial charge in [-0.1, -0.05) is 54.7 Å². The minimum Gasteiger partial charge on any atom is -0.354 e. The van der Waals surface area contributed by atoms with Crippen molar-refractivity contribution in [2.24, 2.45) is 0 Å². The molecule has 0 aliphatic heterocycles. The fraction of sp³-hybridized carbons (Fsp3) is 0.391. The van der Waals surface area contributed by atoms with Gasteiger partial charge in [-0.25, -0.2) is 8.42 Å². The van der Waals surface area contributed by atoms with E-state index in [1.807, 2.05) is 6.92 Å². The smallest absolute Gasteiger partial charge is 0.244 e. The Morgan fingerprint density at radius 3 is 2.18 bits per heavy atom. The highest BCUT2D eigenvalue weighted by Gasteiger charge is 2.31. The lowest BCUT2D eigenvalue weighted by Crippen LogP contribution is -2.52. The summed E-state index contributed by atoms with van der Waals surface area (Å²) in [4.78, 5) is 27.8. The monoisotopic (exact) mass is 547 g/mol. The van der Waals surface area contributed by atoms with Gasteiger partial charge in [0.2, 0.25) is 21.8 Å². The first kappa shape index (κ1) is 28.2. The molecule has 186 valence electrons. The number of halogens is 3. The highest BCUT2D eigenvalue weighted by molar-refractivity contribution is 7.92. The number of carbonyl (C=O) groups excluding carboxylic acids is 2. The minimum atomic E-state index is -3.81. The summed E-state index contributed by atoms with van der Waals surface area (Å²) in [5, 5.41) is 3.93. The van der Waals surface area contributed by atoms with Gasteiger partial charge < -0.3 is 10.2 Å². The van der Waals surface area contributed by atoms with Crippen LogP contribution >= 0.6 is 34.8 Å². The Morgan fingerprint density at radius 2 is 1.65 bits per heavy atom. The third kappa shape index (κ3) is 7.77. The molecule has 34 heavy (non-hydrogen) atoms. The molecule has 2 rings (SSSR count). The number of sulfonamides is 1. The number of benzene rings is 2. The molecule has 0 unspecified atom stereocenters. The highest BCUT2D eigenvalue weighted by Crippen LogP contribution is 2.25. The van der Waals surface area contributed by atoms with E-state index >= 15 is 0 Å². The Balaban J connectivity index is 2.43. The van der Waals surface area contributed by atoms with Crippen molar-refractivity contribution in [3.8, 4) is 0 Å². The van der Waals surface area contributed by atoms with Crippen LogP contribution in [0.5, 0.6) is 0 Å². The van der Waals surface area contributed by atoms with Gasteiger partial charge in [0.05, 0.1) is 22.0 Å². The van der Waals surface area contributed by atoms with Crippen LogP contribution < -0.4 is 9.62 Å². The predicted octanol–water partition coefficient (Wildman–Crippen LogP) is 4.75. The zero-order valence-corrected chi connectivity index (χ0v) is 22.3. The van der Waals surface area contributed by atoms with E-state index in [1.165, 1.54) is 17.0 Å². The zero-order chi connectivity index (χ0) is 25.5. The van der Waals surface area contributed by atoms with Crippen molar-refractivity contribution in [3.05, 3.63) is 63.1 Å². The molecule has 0 spiro atoms. The first-order valence-corrected chi connectivity index (χ1v) is 13.7. The highest BCUT2D eigenvalue weighted by atomic mass is 35.5. The van der Waals surface area contributed by atoms with Crippen molar-refractivity contribution in [2.45, 2.75) is 39.3 Å². The maximum Gasteiger partial charge on any atom is 0.244 e. The summed E-state index contributed by atoms with van der Waals surface area (Å²) >= 11 is 18.1. The zero-order valence-electron chi connectivity index (χ0n) is 19.2. The van der Waals surface area contributed by atoms with Crippen molar-refractivity contribution >= 4 is 62.3 Å². The lowest BCUT2D eigenvalue weighted by molar-refractivity contribution is -0.140. The van der Waals surface area contributed by atoms with Gasteiger partial charge in [0.1, 0.15) is 12.6 Å². The Morgan fingerprint density at radius 1 is 1.00 bits per heavy atom. The molecule has 2 amide bonds. The maximum absolute atomic E-state index is 13.5. The lowest BCUT2D eigenvalue weighted by atomic mass is 10.1. The van der Waals surface area contributed by atoms with Crippen LogP contribution in [0.4, 0.5) is 5.69 Å². The van der Waals surface area contributed by atoms with Crippen molar-refractivity contribution in [3.63, 3.8) is 0 Å². The molecule has 7 nitrogen and oxygen atoms in total. The van der Waals surface area contributed by atoms with E-state index in [4.69, 9.17) is 34.8 Å². The maximum atomic E-state index is 13.5. The van der Waals surface area contributed by atoms with Crippen LogP contribution in [0.3, 0.4) is 0 Å². The third-order valence-corrected chi connectivity index (χ3v) is 7.20. The molecule has 0 aliphatic rings. The lowest BCUT2D eigenvalue weighted by Gasteiger charge is -2.33. The largest absolute Gasteiger partial charge is 0.354 e. The second kappa shape index (κ2) is 12.6. The molecule has 0 heterocycles. The normalized spacial score (nSPS) is 12.2. The number of hydrogen-bond acceptors (Lipinski definition) is 4. The van der Waals surface area contributed by atoms with Crippen LogP contribution in [0.2, 0.25) is 15.1 Å². The fourth-order valence-corrected chi connectivity index (χ4v) is 4.64. The minimum absolute atomic E-state index is 0.0476. The van der Waals surface area contributed by atoms with E-state index in [0.29, 0.717) is 39.3 Å². The summed E-state index contributed by atoms with van der Waals surface area (Å²) in [6, 6.07) is 10.3. The van der Waals surface area contributed by atoms with Gasteiger partial charge >= 0.3 is 0 Å². The second-order valence-corrected chi connectivity index (χ2v) is 10.9. The fourth-order valence-electron chi connectivity index (χ4n) is 3.34. The number of anilines is 1. The summed E-state index contributed by atoms with van der Waals surface area (Å²) in [5.74, 6) is -0.847. The summed E-state index contributed by atoms with van der Waals surface area (Å²) in [6.45, 7) is 3.74. The SMILES string of the molecule is CCCNC(=O)[C@@H](CC)N(Cc1ccc(Cl)c(Cl)c1)C(=O)CN(c1ccc(Cl)cc1)S(C)(=O)=O. The van der Waals surface area contributed by atoms with E-state index in [0.717, 1.165) is 17.0 Å². The van der Waals surface area contributed by atoms with Gasteiger partial charge in [-0.15, -0.1) is 0 Å². The number of nitrogens with one attached hydrogen (secondary N) is 1. The van der Waals surface area contributed by atoms with Crippen LogP contribution in [-0.2, 0) is 26.2 Å². The summed E-state index contributed by atoms with van der Waals surface area (Å²) in [7, 11) is -3.81. The van der Waals surface area contributed by atoms with Crippen LogP contribution in [-0.4, -0.2) is 50.5 Å². The molecule has 0 aliphatic carbocycles. The molecule has 2 aromatic carbocycles. The quantitative estimate of drug-likeness (QED) is 0.439. The van der Waals surface area contributed by atoms with E-state index in [1.54, 1.807) is 37.3 Å². The topological polar surface area (TPSA) is 86.8 Å². The molecule has 1 atom stereocenters. The molecule has 0 radical (unpaired) electrons. The van der Waals surface area contributed by atoms with Crippen LogP contribution in [0.15, 0.2) is 42.5 Å². The van der Waals surface area contributed by atoms with Crippen molar-refractivity contribution < 1.29 is 18.0 Å². The third-order valence-electron chi connectivity index (χ3n) is 5.07. The number of rotatable bonds is 11. The molecule has 0 aromatic heterocycles. The summed E-state index contributed by atoms with van der Waals surface area (Å²) in [6.07, 6.45) is 2.09. The molecule has 0 fully saturated rings. The van der Waals surface area contributed by atoms with E-state index in [2.05, 4.69) is 5.32 Å². The average molecular weight is 549 g/mol. The van der Waals surface area contributed by atoms with Crippen LogP contribution in [0.1, 0.15) is 32.3 Å². The molecule has 11 heteroatoms. The molecular formula is C23H28Cl3N3O4S. The first-order valence-electron chi connectivity index (χ1n) is 10.7. The van der Waals surface area contributed by atoms with Gasteiger partial charge in [0.15, 0.2) is 0 Å². The Bertz CT molecular complexity index is 1110. The van der Waals surface area contributed by atoms with Crippen LogP contribution in [0, 0.1) is 0 Å². The van der Waals surface area contributed by atoms with E-state index < -0.39 is 28.5 Å². The van der Waals surface area contributed by atoms with E-state index in [9.17, 15) is 18.0 Å². The number of amides is 2. The molecule has 1 N–H and O–H groups in total. The van der Waals surface area contributed by atoms with Gasteiger partial charge in [-0.3, -0.25) is 13.9 Å². The Labute approximate surface area is 216 Å². The number of carbonyl (C=O) groups is 2. The van der Waals surface area contributed by atoms with Crippen molar-refractivity contribution in [1.82, 2.24) is 10.2 Å². The van der Waals surface area contributed by atoms with Crippen LogP contribution in [0.25, 0.3) is 0 Å². The van der Waals surface area contributed by atoms with E-state index in [-0.39, 0.29) is 12.5 Å². The molecule has 0 saturated carbocycles. The molecule has 2 aromatic rings. The molecular weight excluding hydrogens is 521 g/mol. The average Bonchev–Trinajstić information content (AvgIpc) is 2.78. The predicted molar refractivity (Wildman–Crippen MR) is 138 cm³/mol. The Kier molecular flexibility index (Phi) is 10.5. The first-order chi connectivity index (χ1) is 16.0. The van der Waals surface area contributed by atoms with Crippen molar-refractivity contribution in [2.75, 3.05) is 23.7 Å². The molecule has 0 saturated heterocycles. The molecule has 0 bridgehead atoms. The summed E-state index contributed by atoms with van der Waals surface area (Å²) in [5.41, 5.74) is 0.945. The van der Waals surface area contributed by atoms with Gasteiger partial charge in [-0.05, 0) is 54.8 Å². The number of hydrogen-bond donors (Lipinski definition) is 1. The van der Waals surface area contributed by atoms with Crippen molar-refractivity contribution in [1.29, 1.82) is 0 Å². The summed E-state index contributed by atoms with van der Waals surface area (Å²) < 4.78 is 26.1. The Hall–Kier alpha value is -2.00. The van der Waals surface area contributed by atoms with Gasteiger partial charge in [0, 0.05) is 18.1 Å². The number of nitrogens with zero attached hydrogens (tertiary/aromatic N) is 2.